The molecule has 0 aromatic carbocycles. The first-order chi connectivity index (χ1) is 8.66. The third kappa shape index (κ3) is 4.55. The molecule has 1 atom stereocenters. The highest BCUT2D eigenvalue weighted by molar-refractivity contribution is 5.95. The lowest BCUT2D eigenvalue weighted by Crippen LogP contribution is -2.33. The summed E-state index contributed by atoms with van der Waals surface area (Å²) in [5.74, 6) is 2.16. The van der Waals surface area contributed by atoms with E-state index in [4.69, 9.17) is 4.42 Å². The minimum absolute atomic E-state index is 0. The van der Waals surface area contributed by atoms with Crippen molar-refractivity contribution in [3.05, 3.63) is 23.2 Å². The SMILES string of the molecule is Cc1cc(C(=O)NCCC2CCCNC2)c(C)o1.Cl. The topological polar surface area (TPSA) is 54.3 Å². The fourth-order valence-electron chi connectivity index (χ4n) is 2.51. The average Bonchev–Trinajstić information content (AvgIpc) is 2.70. The maximum Gasteiger partial charge on any atom is 0.254 e. The van der Waals surface area contributed by atoms with Crippen LogP contribution in [0.2, 0.25) is 0 Å². The number of piperidine rings is 1. The van der Waals surface area contributed by atoms with Crippen LogP contribution < -0.4 is 10.6 Å². The second-order valence-corrected chi connectivity index (χ2v) is 5.08. The monoisotopic (exact) mass is 286 g/mol. The van der Waals surface area contributed by atoms with Crippen molar-refractivity contribution in [1.82, 2.24) is 10.6 Å². The van der Waals surface area contributed by atoms with Gasteiger partial charge in [0.2, 0.25) is 0 Å². The van der Waals surface area contributed by atoms with Crippen LogP contribution in [0.4, 0.5) is 0 Å². The second kappa shape index (κ2) is 7.56. The summed E-state index contributed by atoms with van der Waals surface area (Å²) in [5, 5.41) is 6.36. The van der Waals surface area contributed by atoms with Gasteiger partial charge in [0, 0.05) is 6.54 Å². The molecule has 2 heterocycles. The molecule has 19 heavy (non-hydrogen) atoms. The summed E-state index contributed by atoms with van der Waals surface area (Å²) in [6.45, 7) is 6.65. The Balaban J connectivity index is 0.00000180. The summed E-state index contributed by atoms with van der Waals surface area (Å²) < 4.78 is 5.36. The number of halogens is 1. The first-order valence-corrected chi connectivity index (χ1v) is 6.73. The zero-order chi connectivity index (χ0) is 13.0. The van der Waals surface area contributed by atoms with Gasteiger partial charge in [-0.3, -0.25) is 4.79 Å². The van der Waals surface area contributed by atoms with E-state index in [1.54, 1.807) is 6.07 Å². The largest absolute Gasteiger partial charge is 0.466 e. The number of aryl methyl sites for hydroxylation is 2. The van der Waals surface area contributed by atoms with Gasteiger partial charge in [0.05, 0.1) is 5.56 Å². The zero-order valence-corrected chi connectivity index (χ0v) is 12.4. The minimum Gasteiger partial charge on any atom is -0.466 e. The lowest BCUT2D eigenvalue weighted by Gasteiger charge is -2.22. The second-order valence-electron chi connectivity index (χ2n) is 5.08. The summed E-state index contributed by atoms with van der Waals surface area (Å²) in [7, 11) is 0. The smallest absolute Gasteiger partial charge is 0.254 e. The van der Waals surface area contributed by atoms with Crippen molar-refractivity contribution in [1.29, 1.82) is 0 Å². The van der Waals surface area contributed by atoms with E-state index in [0.717, 1.165) is 31.8 Å². The van der Waals surface area contributed by atoms with Crippen molar-refractivity contribution in [2.45, 2.75) is 33.1 Å². The molecule has 0 saturated carbocycles. The molecule has 1 unspecified atom stereocenters. The molecule has 5 heteroatoms. The molecule has 1 aromatic rings. The number of amides is 1. The Morgan fingerprint density at radius 1 is 1.53 bits per heavy atom. The van der Waals surface area contributed by atoms with E-state index in [9.17, 15) is 4.79 Å². The molecular formula is C14H23ClN2O2. The lowest BCUT2D eigenvalue weighted by molar-refractivity contribution is 0.0949. The van der Waals surface area contributed by atoms with Gasteiger partial charge in [-0.15, -0.1) is 12.4 Å². The van der Waals surface area contributed by atoms with E-state index < -0.39 is 0 Å². The Labute approximate surface area is 120 Å². The van der Waals surface area contributed by atoms with Crippen molar-refractivity contribution < 1.29 is 9.21 Å². The third-order valence-electron chi connectivity index (χ3n) is 3.52. The molecular weight excluding hydrogens is 264 g/mol. The van der Waals surface area contributed by atoms with Crippen molar-refractivity contribution in [2.75, 3.05) is 19.6 Å². The van der Waals surface area contributed by atoms with Gasteiger partial charge in [-0.05, 0) is 58.2 Å². The predicted octanol–water partition coefficient (Wildman–Crippen LogP) is 2.44. The van der Waals surface area contributed by atoms with Gasteiger partial charge in [0.1, 0.15) is 11.5 Å². The summed E-state index contributed by atoms with van der Waals surface area (Å²) in [5.41, 5.74) is 0.661. The Morgan fingerprint density at radius 2 is 2.32 bits per heavy atom. The maximum absolute atomic E-state index is 11.9. The highest BCUT2D eigenvalue weighted by Crippen LogP contribution is 2.15. The van der Waals surface area contributed by atoms with Crippen LogP contribution in [0, 0.1) is 19.8 Å². The molecule has 1 saturated heterocycles. The maximum atomic E-state index is 11.9. The first kappa shape index (κ1) is 16.1. The summed E-state index contributed by atoms with van der Waals surface area (Å²) in [6, 6.07) is 1.80. The van der Waals surface area contributed by atoms with E-state index in [2.05, 4.69) is 10.6 Å². The standard InChI is InChI=1S/C14H22N2O2.ClH/c1-10-8-13(11(2)18-10)14(17)16-7-5-12-4-3-6-15-9-12;/h8,12,15H,3-7,9H2,1-2H3,(H,16,17);1H. The number of hydrogen-bond donors (Lipinski definition) is 2. The van der Waals surface area contributed by atoms with Gasteiger partial charge in [-0.25, -0.2) is 0 Å². The molecule has 1 fully saturated rings. The number of furan rings is 1. The normalized spacial score (nSPS) is 18.7. The molecule has 4 nitrogen and oxygen atoms in total. The zero-order valence-electron chi connectivity index (χ0n) is 11.6. The Hall–Kier alpha value is -1.000. The first-order valence-electron chi connectivity index (χ1n) is 6.73. The third-order valence-corrected chi connectivity index (χ3v) is 3.52. The van der Waals surface area contributed by atoms with Crippen molar-refractivity contribution in [2.24, 2.45) is 5.92 Å². The van der Waals surface area contributed by atoms with E-state index in [0.29, 0.717) is 17.2 Å². The highest BCUT2D eigenvalue weighted by Gasteiger charge is 2.15. The van der Waals surface area contributed by atoms with E-state index >= 15 is 0 Å². The fraction of sp³-hybridized carbons (Fsp3) is 0.643. The Kier molecular flexibility index (Phi) is 6.38. The number of rotatable bonds is 4. The van der Waals surface area contributed by atoms with Crippen LogP contribution in [-0.2, 0) is 0 Å². The molecule has 0 bridgehead atoms. The summed E-state index contributed by atoms with van der Waals surface area (Å²) >= 11 is 0. The van der Waals surface area contributed by atoms with E-state index in [-0.39, 0.29) is 18.3 Å². The van der Waals surface area contributed by atoms with Gasteiger partial charge >= 0.3 is 0 Å². The Morgan fingerprint density at radius 3 is 2.89 bits per heavy atom. The summed E-state index contributed by atoms with van der Waals surface area (Å²) in [4.78, 5) is 11.9. The Bertz CT molecular complexity index is 412. The van der Waals surface area contributed by atoms with Crippen LogP contribution in [0.25, 0.3) is 0 Å². The van der Waals surface area contributed by atoms with Crippen LogP contribution in [-0.4, -0.2) is 25.5 Å². The fourth-order valence-corrected chi connectivity index (χ4v) is 2.51. The molecule has 1 aliphatic heterocycles. The van der Waals surface area contributed by atoms with Crippen LogP contribution in [0.15, 0.2) is 10.5 Å². The predicted molar refractivity (Wildman–Crippen MR) is 78.0 cm³/mol. The molecule has 1 aliphatic rings. The summed E-state index contributed by atoms with van der Waals surface area (Å²) in [6.07, 6.45) is 3.57. The van der Waals surface area contributed by atoms with E-state index in [1.165, 1.54) is 12.8 Å². The number of carbonyl (C=O) groups is 1. The van der Waals surface area contributed by atoms with Gasteiger partial charge in [-0.2, -0.15) is 0 Å². The molecule has 1 aromatic heterocycles. The average molecular weight is 287 g/mol. The highest BCUT2D eigenvalue weighted by atomic mass is 35.5. The van der Waals surface area contributed by atoms with Gasteiger partial charge in [0.25, 0.3) is 5.91 Å². The van der Waals surface area contributed by atoms with Gasteiger partial charge in [0.15, 0.2) is 0 Å². The molecule has 1 amide bonds. The van der Waals surface area contributed by atoms with Crippen LogP contribution in [0.5, 0.6) is 0 Å². The van der Waals surface area contributed by atoms with Gasteiger partial charge in [-0.1, -0.05) is 0 Å². The van der Waals surface area contributed by atoms with Crippen molar-refractivity contribution in [3.63, 3.8) is 0 Å². The number of carbonyl (C=O) groups excluding carboxylic acids is 1. The molecule has 2 rings (SSSR count). The van der Waals surface area contributed by atoms with Crippen molar-refractivity contribution >= 4 is 18.3 Å². The molecule has 0 aliphatic carbocycles. The van der Waals surface area contributed by atoms with Crippen LogP contribution >= 0.6 is 12.4 Å². The lowest BCUT2D eigenvalue weighted by atomic mass is 9.96. The van der Waals surface area contributed by atoms with Crippen LogP contribution in [0.1, 0.15) is 41.1 Å². The minimum atomic E-state index is -0.0203. The molecule has 0 radical (unpaired) electrons. The number of hydrogen-bond acceptors (Lipinski definition) is 3. The van der Waals surface area contributed by atoms with Crippen LogP contribution in [0.3, 0.4) is 0 Å². The molecule has 0 spiro atoms. The number of nitrogens with one attached hydrogen (secondary N) is 2. The quantitative estimate of drug-likeness (QED) is 0.894. The van der Waals surface area contributed by atoms with Crippen molar-refractivity contribution in [3.8, 4) is 0 Å². The van der Waals surface area contributed by atoms with Gasteiger partial charge < -0.3 is 15.1 Å². The van der Waals surface area contributed by atoms with E-state index in [1.807, 2.05) is 13.8 Å². The molecule has 108 valence electrons. The molecule has 2 N–H and O–H groups in total.